The number of fused-ring (bicyclic) bond motifs is 1. The van der Waals surface area contributed by atoms with Crippen LogP contribution in [0.25, 0.3) is 0 Å². The molecule has 3 heterocycles. The molecule has 0 unspecified atom stereocenters. The zero-order chi connectivity index (χ0) is 16.9. The van der Waals surface area contributed by atoms with Gasteiger partial charge in [-0.25, -0.2) is 0 Å². The van der Waals surface area contributed by atoms with Crippen LogP contribution in [-0.4, -0.2) is 26.6 Å². The van der Waals surface area contributed by atoms with E-state index in [1.54, 1.807) is 4.68 Å². The van der Waals surface area contributed by atoms with E-state index < -0.39 is 0 Å². The van der Waals surface area contributed by atoms with Crippen LogP contribution in [0.3, 0.4) is 0 Å². The zero-order valence-corrected chi connectivity index (χ0v) is 14.9. The molecule has 1 N–H and O–H groups in total. The average molecular weight is 326 g/mol. The summed E-state index contributed by atoms with van der Waals surface area (Å²) in [5.74, 6) is 1.59. The molecule has 1 saturated heterocycles. The third-order valence-corrected chi connectivity index (χ3v) is 5.19. The Labute approximate surface area is 143 Å². The molecule has 5 nitrogen and oxygen atoms in total. The summed E-state index contributed by atoms with van der Waals surface area (Å²) in [5.41, 5.74) is 3.67. The van der Waals surface area contributed by atoms with Gasteiger partial charge in [0, 0.05) is 25.7 Å². The van der Waals surface area contributed by atoms with Gasteiger partial charge in [-0.2, -0.15) is 0 Å². The van der Waals surface area contributed by atoms with E-state index in [1.807, 2.05) is 13.2 Å². The number of aromatic nitrogens is 3. The second kappa shape index (κ2) is 5.59. The standard InChI is InChI=1S/C19H26N4O/c1-12-7-15(8-16(20-12)17-11-23(4)22-21-17)13-5-6-14-10-19(2,3)24-18(14)9-13/h5-6,9,11-12,15-16,20H,7-8,10H2,1-4H3/t12-,15-,16-/m0/s1. The summed E-state index contributed by atoms with van der Waals surface area (Å²) in [4.78, 5) is 0. The van der Waals surface area contributed by atoms with Gasteiger partial charge >= 0.3 is 0 Å². The molecule has 1 fully saturated rings. The van der Waals surface area contributed by atoms with Gasteiger partial charge in [0.05, 0.1) is 11.7 Å². The van der Waals surface area contributed by atoms with E-state index in [0.717, 1.165) is 30.7 Å². The predicted octanol–water partition coefficient (Wildman–Crippen LogP) is 3.13. The summed E-state index contributed by atoms with van der Waals surface area (Å²) in [6.45, 7) is 6.56. The molecule has 5 heteroatoms. The van der Waals surface area contributed by atoms with E-state index >= 15 is 0 Å². The fourth-order valence-electron chi connectivity index (χ4n) is 4.15. The van der Waals surface area contributed by atoms with Crippen LogP contribution in [0.15, 0.2) is 24.4 Å². The number of rotatable bonds is 2. The van der Waals surface area contributed by atoms with Crippen molar-refractivity contribution >= 4 is 0 Å². The molecular formula is C19H26N4O. The van der Waals surface area contributed by atoms with Crippen molar-refractivity contribution in [2.45, 2.75) is 63.6 Å². The first-order valence-electron chi connectivity index (χ1n) is 8.84. The van der Waals surface area contributed by atoms with Gasteiger partial charge in [-0.15, -0.1) is 5.10 Å². The summed E-state index contributed by atoms with van der Waals surface area (Å²) in [7, 11) is 1.92. The Bertz CT molecular complexity index is 752. The van der Waals surface area contributed by atoms with Crippen LogP contribution in [0.4, 0.5) is 0 Å². The number of nitrogens with zero attached hydrogens (tertiary/aromatic N) is 3. The van der Waals surface area contributed by atoms with E-state index in [4.69, 9.17) is 4.74 Å². The number of piperidine rings is 1. The smallest absolute Gasteiger partial charge is 0.123 e. The maximum absolute atomic E-state index is 6.13. The number of benzene rings is 1. The fourth-order valence-corrected chi connectivity index (χ4v) is 4.15. The van der Waals surface area contributed by atoms with Crippen LogP contribution < -0.4 is 10.1 Å². The summed E-state index contributed by atoms with van der Waals surface area (Å²) in [6, 6.07) is 7.53. The van der Waals surface area contributed by atoms with Crippen molar-refractivity contribution in [3.8, 4) is 5.75 Å². The molecule has 2 aliphatic rings. The lowest BCUT2D eigenvalue weighted by Crippen LogP contribution is -2.38. The van der Waals surface area contributed by atoms with Crippen LogP contribution >= 0.6 is 0 Å². The third kappa shape index (κ3) is 2.93. The highest BCUT2D eigenvalue weighted by Gasteiger charge is 2.33. The van der Waals surface area contributed by atoms with Gasteiger partial charge in [0.25, 0.3) is 0 Å². The largest absolute Gasteiger partial charge is 0.487 e. The highest BCUT2D eigenvalue weighted by Crippen LogP contribution is 2.41. The van der Waals surface area contributed by atoms with Gasteiger partial charge in [0.1, 0.15) is 11.4 Å². The van der Waals surface area contributed by atoms with Crippen molar-refractivity contribution < 1.29 is 4.74 Å². The lowest BCUT2D eigenvalue weighted by molar-refractivity contribution is 0.138. The maximum atomic E-state index is 6.13. The van der Waals surface area contributed by atoms with Crippen molar-refractivity contribution in [1.82, 2.24) is 20.3 Å². The molecular weight excluding hydrogens is 300 g/mol. The molecule has 0 aliphatic carbocycles. The van der Waals surface area contributed by atoms with Crippen LogP contribution in [0.5, 0.6) is 5.75 Å². The van der Waals surface area contributed by atoms with Crippen molar-refractivity contribution in [3.05, 3.63) is 41.2 Å². The minimum atomic E-state index is -0.0788. The molecule has 0 amide bonds. The van der Waals surface area contributed by atoms with Gasteiger partial charge in [-0.3, -0.25) is 4.68 Å². The van der Waals surface area contributed by atoms with Crippen LogP contribution in [0.2, 0.25) is 0 Å². The quantitative estimate of drug-likeness (QED) is 0.921. The highest BCUT2D eigenvalue weighted by atomic mass is 16.5. The van der Waals surface area contributed by atoms with E-state index in [-0.39, 0.29) is 11.6 Å². The Morgan fingerprint density at radius 1 is 1.29 bits per heavy atom. The van der Waals surface area contributed by atoms with E-state index in [9.17, 15) is 0 Å². The third-order valence-electron chi connectivity index (χ3n) is 5.19. The molecule has 1 aromatic heterocycles. The van der Waals surface area contributed by atoms with Crippen molar-refractivity contribution in [3.63, 3.8) is 0 Å². The number of nitrogens with one attached hydrogen (secondary N) is 1. The summed E-state index contributed by atoms with van der Waals surface area (Å²) in [6.07, 6.45) is 5.19. The molecule has 0 bridgehead atoms. The first-order valence-corrected chi connectivity index (χ1v) is 8.84. The lowest BCUT2D eigenvalue weighted by Gasteiger charge is -2.34. The number of hydrogen-bond donors (Lipinski definition) is 1. The first kappa shape index (κ1) is 15.6. The SMILES string of the molecule is C[C@H]1C[C@H](c2ccc3c(c2)OC(C)(C)C3)C[C@@H](c2cn(C)nn2)N1. The van der Waals surface area contributed by atoms with Gasteiger partial charge < -0.3 is 10.1 Å². The second-order valence-electron chi connectivity index (χ2n) is 8.01. The molecule has 24 heavy (non-hydrogen) atoms. The van der Waals surface area contributed by atoms with Gasteiger partial charge in [-0.05, 0) is 56.7 Å². The summed E-state index contributed by atoms with van der Waals surface area (Å²) >= 11 is 0. The molecule has 0 spiro atoms. The Morgan fingerprint density at radius 3 is 2.88 bits per heavy atom. The van der Waals surface area contributed by atoms with Crippen molar-refractivity contribution in [1.29, 1.82) is 0 Å². The second-order valence-corrected chi connectivity index (χ2v) is 8.01. The normalized spacial score (nSPS) is 28.4. The Morgan fingerprint density at radius 2 is 2.12 bits per heavy atom. The average Bonchev–Trinajstić information content (AvgIpc) is 3.07. The van der Waals surface area contributed by atoms with Gasteiger partial charge in [-0.1, -0.05) is 17.3 Å². The maximum Gasteiger partial charge on any atom is 0.123 e. The molecule has 128 valence electrons. The highest BCUT2D eigenvalue weighted by molar-refractivity contribution is 5.43. The minimum absolute atomic E-state index is 0.0788. The zero-order valence-electron chi connectivity index (χ0n) is 14.9. The van der Waals surface area contributed by atoms with Crippen molar-refractivity contribution in [2.75, 3.05) is 0 Å². The van der Waals surface area contributed by atoms with Gasteiger partial charge in [0.15, 0.2) is 0 Å². The van der Waals surface area contributed by atoms with Crippen LogP contribution in [-0.2, 0) is 13.5 Å². The molecule has 3 atom stereocenters. The van der Waals surface area contributed by atoms with Crippen LogP contribution in [0, 0.1) is 0 Å². The molecule has 0 radical (unpaired) electrons. The molecule has 1 aromatic carbocycles. The summed E-state index contributed by atoms with van der Waals surface area (Å²) < 4.78 is 7.90. The Balaban J connectivity index is 1.58. The van der Waals surface area contributed by atoms with E-state index in [2.05, 4.69) is 54.6 Å². The fraction of sp³-hybridized carbons (Fsp3) is 0.579. The Hall–Kier alpha value is -1.88. The topological polar surface area (TPSA) is 52.0 Å². The Kier molecular flexibility index (Phi) is 3.64. The summed E-state index contributed by atoms with van der Waals surface area (Å²) in [5, 5.41) is 12.1. The number of ether oxygens (including phenoxy) is 1. The molecule has 0 saturated carbocycles. The lowest BCUT2D eigenvalue weighted by atomic mass is 9.82. The van der Waals surface area contributed by atoms with Crippen LogP contribution in [0.1, 0.15) is 62.4 Å². The molecule has 2 aliphatic heterocycles. The molecule has 2 aromatic rings. The van der Waals surface area contributed by atoms with E-state index in [1.165, 1.54) is 11.1 Å². The van der Waals surface area contributed by atoms with E-state index in [0.29, 0.717) is 12.0 Å². The molecule has 4 rings (SSSR count). The monoisotopic (exact) mass is 326 g/mol. The minimum Gasteiger partial charge on any atom is -0.487 e. The predicted molar refractivity (Wildman–Crippen MR) is 93.2 cm³/mol. The number of hydrogen-bond acceptors (Lipinski definition) is 4. The van der Waals surface area contributed by atoms with Crippen molar-refractivity contribution in [2.24, 2.45) is 7.05 Å². The first-order chi connectivity index (χ1) is 11.4. The number of aryl methyl sites for hydroxylation is 1. The van der Waals surface area contributed by atoms with Gasteiger partial charge in [0.2, 0.25) is 0 Å².